The molecule has 0 aliphatic heterocycles. The van der Waals surface area contributed by atoms with Gasteiger partial charge in [0.15, 0.2) is 0 Å². The van der Waals surface area contributed by atoms with Crippen molar-refractivity contribution in [2.24, 2.45) is 0 Å². The van der Waals surface area contributed by atoms with Gasteiger partial charge in [0.25, 0.3) is 5.69 Å². The molecule has 0 aliphatic carbocycles. The van der Waals surface area contributed by atoms with Gasteiger partial charge < -0.3 is 4.98 Å². The number of nitrogens with zero attached hydrogens (tertiary/aromatic N) is 2. The second-order valence-corrected chi connectivity index (χ2v) is 5.44. The Kier molecular flexibility index (Phi) is 3.31. The zero-order valence-electron chi connectivity index (χ0n) is 12.6. The van der Waals surface area contributed by atoms with Crippen LogP contribution < -0.4 is 0 Å². The summed E-state index contributed by atoms with van der Waals surface area (Å²) in [5, 5.41) is 11.9. The Labute approximate surface area is 137 Å². The number of non-ortho nitro benzene ring substituents is 1. The topological polar surface area (TPSA) is 71.8 Å². The SMILES string of the molecule is O=[N+]([O-])c1ccc(-c2c(-c3ccccc3)[nH]c3ncccc23)cc1. The van der Waals surface area contributed by atoms with Crippen molar-refractivity contribution in [3.8, 4) is 22.4 Å². The zero-order valence-corrected chi connectivity index (χ0v) is 12.6. The molecule has 4 aromatic rings. The van der Waals surface area contributed by atoms with Crippen molar-refractivity contribution < 1.29 is 4.92 Å². The number of benzene rings is 2. The highest BCUT2D eigenvalue weighted by atomic mass is 16.6. The van der Waals surface area contributed by atoms with Crippen LogP contribution in [0.3, 0.4) is 0 Å². The van der Waals surface area contributed by atoms with E-state index in [9.17, 15) is 10.1 Å². The first-order valence-corrected chi connectivity index (χ1v) is 7.51. The molecule has 2 aromatic carbocycles. The van der Waals surface area contributed by atoms with Crippen LogP contribution in [0.4, 0.5) is 5.69 Å². The summed E-state index contributed by atoms with van der Waals surface area (Å²) in [5.41, 5.74) is 4.79. The highest BCUT2D eigenvalue weighted by molar-refractivity contribution is 6.02. The van der Waals surface area contributed by atoms with Crippen molar-refractivity contribution in [1.29, 1.82) is 0 Å². The van der Waals surface area contributed by atoms with Crippen LogP contribution in [0.15, 0.2) is 72.9 Å². The van der Waals surface area contributed by atoms with Gasteiger partial charge in [-0.1, -0.05) is 30.3 Å². The van der Waals surface area contributed by atoms with E-state index in [4.69, 9.17) is 0 Å². The van der Waals surface area contributed by atoms with E-state index in [0.29, 0.717) is 0 Å². The van der Waals surface area contributed by atoms with Gasteiger partial charge in [0.2, 0.25) is 0 Å². The molecule has 0 fully saturated rings. The summed E-state index contributed by atoms with van der Waals surface area (Å²) in [7, 11) is 0. The monoisotopic (exact) mass is 315 g/mol. The van der Waals surface area contributed by atoms with E-state index in [1.165, 1.54) is 12.1 Å². The normalized spacial score (nSPS) is 10.8. The zero-order chi connectivity index (χ0) is 16.5. The number of fused-ring (bicyclic) bond motifs is 1. The average molecular weight is 315 g/mol. The Bertz CT molecular complexity index is 1020. The lowest BCUT2D eigenvalue weighted by Gasteiger charge is -2.05. The molecule has 5 heteroatoms. The molecule has 0 radical (unpaired) electrons. The molecule has 24 heavy (non-hydrogen) atoms. The fraction of sp³-hybridized carbons (Fsp3) is 0. The third-order valence-corrected chi connectivity index (χ3v) is 4.00. The quantitative estimate of drug-likeness (QED) is 0.436. The lowest BCUT2D eigenvalue weighted by Crippen LogP contribution is -1.88. The fourth-order valence-electron chi connectivity index (χ4n) is 2.89. The third-order valence-electron chi connectivity index (χ3n) is 4.00. The number of hydrogen-bond donors (Lipinski definition) is 1. The summed E-state index contributed by atoms with van der Waals surface area (Å²) in [6, 6.07) is 20.5. The van der Waals surface area contributed by atoms with Crippen molar-refractivity contribution in [1.82, 2.24) is 9.97 Å². The van der Waals surface area contributed by atoms with Gasteiger partial charge in [-0.15, -0.1) is 0 Å². The number of hydrogen-bond acceptors (Lipinski definition) is 3. The van der Waals surface area contributed by atoms with Crippen LogP contribution in [-0.4, -0.2) is 14.9 Å². The van der Waals surface area contributed by atoms with Gasteiger partial charge in [0.1, 0.15) is 5.65 Å². The van der Waals surface area contributed by atoms with Crippen molar-refractivity contribution in [3.05, 3.63) is 83.0 Å². The van der Waals surface area contributed by atoms with Gasteiger partial charge in [-0.05, 0) is 35.4 Å². The van der Waals surface area contributed by atoms with E-state index in [1.807, 2.05) is 42.5 Å². The predicted octanol–water partition coefficient (Wildman–Crippen LogP) is 4.81. The summed E-state index contributed by atoms with van der Waals surface area (Å²) < 4.78 is 0. The van der Waals surface area contributed by atoms with Gasteiger partial charge in [-0.3, -0.25) is 10.1 Å². The number of nitro benzene ring substituents is 1. The molecule has 0 unspecified atom stereocenters. The molecule has 0 amide bonds. The summed E-state index contributed by atoms with van der Waals surface area (Å²) in [6.45, 7) is 0. The number of nitrogens with one attached hydrogen (secondary N) is 1. The first-order valence-electron chi connectivity index (χ1n) is 7.51. The van der Waals surface area contributed by atoms with E-state index in [1.54, 1.807) is 18.3 Å². The first kappa shape index (κ1) is 14.1. The van der Waals surface area contributed by atoms with Crippen LogP contribution in [0.25, 0.3) is 33.4 Å². The lowest BCUT2D eigenvalue weighted by atomic mass is 9.99. The molecular formula is C19H13N3O2. The highest BCUT2D eigenvalue weighted by Gasteiger charge is 2.16. The standard InChI is InChI=1S/C19H13N3O2/c23-22(24)15-10-8-13(9-11-15)17-16-7-4-12-20-19(16)21-18(17)14-5-2-1-3-6-14/h1-12H,(H,20,21). The maximum absolute atomic E-state index is 10.9. The molecule has 0 bridgehead atoms. The molecule has 0 spiro atoms. The van der Waals surface area contributed by atoms with E-state index >= 15 is 0 Å². The number of aromatic nitrogens is 2. The summed E-state index contributed by atoms with van der Waals surface area (Å²) >= 11 is 0. The van der Waals surface area contributed by atoms with Crippen molar-refractivity contribution in [2.45, 2.75) is 0 Å². The Morgan fingerprint density at radius 2 is 1.62 bits per heavy atom. The number of pyridine rings is 1. The van der Waals surface area contributed by atoms with Gasteiger partial charge in [-0.2, -0.15) is 0 Å². The third kappa shape index (κ3) is 2.32. The van der Waals surface area contributed by atoms with Crippen LogP contribution >= 0.6 is 0 Å². The molecule has 1 N–H and O–H groups in total. The second-order valence-electron chi connectivity index (χ2n) is 5.44. The van der Waals surface area contributed by atoms with Gasteiger partial charge >= 0.3 is 0 Å². The Balaban J connectivity index is 1.97. The molecule has 0 atom stereocenters. The summed E-state index contributed by atoms with van der Waals surface area (Å²) in [4.78, 5) is 18.3. The molecule has 0 saturated carbocycles. The number of H-pyrrole nitrogens is 1. The Morgan fingerprint density at radius 3 is 2.33 bits per heavy atom. The Hall–Kier alpha value is -3.47. The minimum Gasteiger partial charge on any atom is -0.339 e. The number of rotatable bonds is 3. The van der Waals surface area contributed by atoms with Crippen molar-refractivity contribution >= 4 is 16.7 Å². The molecule has 2 heterocycles. The van der Waals surface area contributed by atoms with E-state index in [-0.39, 0.29) is 5.69 Å². The molecule has 4 rings (SSSR count). The fourth-order valence-corrected chi connectivity index (χ4v) is 2.89. The largest absolute Gasteiger partial charge is 0.339 e. The van der Waals surface area contributed by atoms with E-state index in [2.05, 4.69) is 9.97 Å². The van der Waals surface area contributed by atoms with Gasteiger partial charge in [-0.25, -0.2) is 4.98 Å². The summed E-state index contributed by atoms with van der Waals surface area (Å²) in [5.74, 6) is 0. The molecule has 0 saturated heterocycles. The van der Waals surface area contributed by atoms with Crippen LogP contribution in [-0.2, 0) is 0 Å². The average Bonchev–Trinajstić information content (AvgIpc) is 3.02. The van der Waals surface area contributed by atoms with Gasteiger partial charge in [0.05, 0.1) is 10.6 Å². The van der Waals surface area contributed by atoms with E-state index < -0.39 is 4.92 Å². The minimum atomic E-state index is -0.390. The van der Waals surface area contributed by atoms with E-state index in [0.717, 1.165) is 33.4 Å². The van der Waals surface area contributed by atoms with Crippen LogP contribution in [0.5, 0.6) is 0 Å². The summed E-state index contributed by atoms with van der Waals surface area (Å²) in [6.07, 6.45) is 1.74. The number of aromatic amines is 1. The lowest BCUT2D eigenvalue weighted by molar-refractivity contribution is -0.384. The molecule has 5 nitrogen and oxygen atoms in total. The molecule has 2 aromatic heterocycles. The maximum atomic E-state index is 10.9. The van der Waals surface area contributed by atoms with Crippen molar-refractivity contribution in [3.63, 3.8) is 0 Å². The molecule has 0 aliphatic rings. The Morgan fingerprint density at radius 1 is 0.875 bits per heavy atom. The van der Waals surface area contributed by atoms with Crippen LogP contribution in [0.1, 0.15) is 0 Å². The van der Waals surface area contributed by atoms with Crippen molar-refractivity contribution in [2.75, 3.05) is 0 Å². The minimum absolute atomic E-state index is 0.0815. The van der Waals surface area contributed by atoms with Crippen LogP contribution in [0.2, 0.25) is 0 Å². The maximum Gasteiger partial charge on any atom is 0.269 e. The highest BCUT2D eigenvalue weighted by Crippen LogP contribution is 2.37. The molecular weight excluding hydrogens is 302 g/mol. The smallest absolute Gasteiger partial charge is 0.269 e. The predicted molar refractivity (Wildman–Crippen MR) is 93.6 cm³/mol. The number of nitro groups is 1. The van der Waals surface area contributed by atoms with Gasteiger partial charge in [0, 0.05) is 29.3 Å². The second kappa shape index (κ2) is 5.62. The molecule has 116 valence electrons. The first-order chi connectivity index (χ1) is 11.7. The van der Waals surface area contributed by atoms with Crippen LogP contribution in [0, 0.1) is 10.1 Å².